The predicted molar refractivity (Wildman–Crippen MR) is 109 cm³/mol. The molecule has 2 aliphatic rings. The van der Waals surface area contributed by atoms with Gasteiger partial charge < -0.3 is 4.90 Å². The van der Waals surface area contributed by atoms with Gasteiger partial charge in [-0.2, -0.15) is 0 Å². The topological polar surface area (TPSA) is 40.6 Å². The van der Waals surface area contributed by atoms with Crippen molar-refractivity contribution in [3.05, 3.63) is 64.9 Å². The Morgan fingerprint density at radius 2 is 1.46 bits per heavy atom. The molecule has 2 heterocycles. The molecule has 0 N–H and O–H groups in total. The molecule has 0 spiro atoms. The van der Waals surface area contributed by atoms with Gasteiger partial charge in [-0.25, -0.2) is 9.29 Å². The van der Waals surface area contributed by atoms with Gasteiger partial charge in [-0.3, -0.25) is 9.59 Å². The quantitative estimate of drug-likeness (QED) is 0.710. The number of nitrogens with zero attached hydrogens (tertiary/aromatic N) is 2. The van der Waals surface area contributed by atoms with Crippen LogP contribution in [-0.2, 0) is 9.59 Å². The normalized spacial score (nSPS) is 18.4. The van der Waals surface area contributed by atoms with Gasteiger partial charge in [0.25, 0.3) is 11.8 Å². The molecule has 1 fully saturated rings. The Hall–Kier alpha value is -2.66. The number of rotatable bonds is 3. The molecule has 2 aromatic rings. The highest BCUT2D eigenvalue weighted by molar-refractivity contribution is 6.60. The minimum absolute atomic E-state index is 0.0979. The lowest BCUT2D eigenvalue weighted by Gasteiger charge is -2.32. The Morgan fingerprint density at radius 1 is 0.893 bits per heavy atom. The van der Waals surface area contributed by atoms with E-state index in [1.807, 2.05) is 12.1 Å². The van der Waals surface area contributed by atoms with Crippen LogP contribution >= 0.6 is 11.6 Å². The van der Waals surface area contributed by atoms with Gasteiger partial charge in [0.05, 0.1) is 11.3 Å². The number of amides is 2. The van der Waals surface area contributed by atoms with Crippen molar-refractivity contribution in [2.75, 3.05) is 22.9 Å². The highest BCUT2D eigenvalue weighted by atomic mass is 35.5. The van der Waals surface area contributed by atoms with Crippen molar-refractivity contribution in [1.29, 1.82) is 0 Å². The fraction of sp³-hybridized carbons (Fsp3) is 0.273. The van der Waals surface area contributed by atoms with E-state index in [2.05, 4.69) is 11.8 Å². The maximum Gasteiger partial charge on any atom is 0.277 e. The summed E-state index contributed by atoms with van der Waals surface area (Å²) >= 11 is 6.17. The molecule has 0 atom stereocenters. The monoisotopic (exact) mass is 398 g/mol. The smallest absolute Gasteiger partial charge is 0.277 e. The molecule has 0 aromatic heterocycles. The lowest BCUT2D eigenvalue weighted by atomic mass is 9.99. The Balaban J connectivity index is 1.57. The predicted octanol–water partition coefficient (Wildman–Crippen LogP) is 4.59. The van der Waals surface area contributed by atoms with Gasteiger partial charge in [-0.15, -0.1) is 0 Å². The lowest BCUT2D eigenvalue weighted by molar-refractivity contribution is -0.119. The SMILES string of the molecule is CC1CCN(c2ccc(N3C(=O)C(Cl)=C(c4ccc(F)cc4)C3=O)cc2)CC1. The molecule has 4 nitrogen and oxygen atoms in total. The summed E-state index contributed by atoms with van der Waals surface area (Å²) in [4.78, 5) is 28.9. The molecule has 6 heteroatoms. The summed E-state index contributed by atoms with van der Waals surface area (Å²) in [6.45, 7) is 4.27. The van der Waals surface area contributed by atoms with E-state index in [4.69, 9.17) is 11.6 Å². The standard InChI is InChI=1S/C22H20ClFN2O2/c1-14-10-12-25(13-11-14)17-6-8-18(9-7-17)26-21(27)19(20(23)22(26)28)15-2-4-16(24)5-3-15/h2-9,14H,10-13H2,1H3. The van der Waals surface area contributed by atoms with Crippen molar-refractivity contribution in [3.8, 4) is 0 Å². The molecular formula is C22H20ClFN2O2. The van der Waals surface area contributed by atoms with Crippen LogP contribution in [-0.4, -0.2) is 24.9 Å². The van der Waals surface area contributed by atoms with Crippen LogP contribution in [0.5, 0.6) is 0 Å². The van der Waals surface area contributed by atoms with E-state index in [0.29, 0.717) is 11.3 Å². The van der Waals surface area contributed by atoms with Gasteiger partial charge in [0, 0.05) is 18.8 Å². The largest absolute Gasteiger partial charge is 0.372 e. The number of hydrogen-bond acceptors (Lipinski definition) is 3. The number of imide groups is 1. The molecule has 2 amide bonds. The number of piperidine rings is 1. The maximum absolute atomic E-state index is 13.2. The molecule has 4 rings (SSSR count). The van der Waals surface area contributed by atoms with E-state index < -0.39 is 17.6 Å². The van der Waals surface area contributed by atoms with Gasteiger partial charge in [0.1, 0.15) is 10.8 Å². The Bertz CT molecular complexity index is 946. The van der Waals surface area contributed by atoms with Crippen LogP contribution in [0.3, 0.4) is 0 Å². The van der Waals surface area contributed by atoms with Gasteiger partial charge in [0.15, 0.2) is 0 Å². The molecule has 0 aliphatic carbocycles. The zero-order valence-electron chi connectivity index (χ0n) is 15.5. The van der Waals surface area contributed by atoms with Crippen molar-refractivity contribution in [2.24, 2.45) is 5.92 Å². The Morgan fingerprint density at radius 3 is 2.07 bits per heavy atom. The average molecular weight is 399 g/mol. The molecule has 2 aromatic carbocycles. The maximum atomic E-state index is 13.2. The molecule has 144 valence electrons. The van der Waals surface area contributed by atoms with E-state index in [-0.39, 0.29) is 10.6 Å². The minimum atomic E-state index is -0.564. The first-order chi connectivity index (χ1) is 13.5. The fourth-order valence-electron chi connectivity index (χ4n) is 3.68. The van der Waals surface area contributed by atoms with E-state index in [1.165, 1.54) is 24.3 Å². The molecule has 0 bridgehead atoms. The molecule has 1 saturated heterocycles. The third kappa shape index (κ3) is 3.31. The van der Waals surface area contributed by atoms with Gasteiger partial charge in [-0.05, 0) is 60.7 Å². The first-order valence-corrected chi connectivity index (χ1v) is 9.73. The molecule has 0 radical (unpaired) electrons. The second-order valence-corrected chi connectivity index (χ2v) is 7.71. The van der Waals surface area contributed by atoms with Crippen LogP contribution in [0.1, 0.15) is 25.3 Å². The first-order valence-electron chi connectivity index (χ1n) is 9.35. The van der Waals surface area contributed by atoms with Crippen LogP contribution in [0.25, 0.3) is 5.57 Å². The van der Waals surface area contributed by atoms with Crippen LogP contribution in [0.15, 0.2) is 53.6 Å². The number of anilines is 2. The number of hydrogen-bond donors (Lipinski definition) is 0. The highest BCUT2D eigenvalue weighted by Crippen LogP contribution is 2.35. The summed E-state index contributed by atoms with van der Waals surface area (Å²) in [5, 5.41) is -0.147. The number of carbonyl (C=O) groups excluding carboxylic acids is 2. The van der Waals surface area contributed by atoms with Crippen LogP contribution in [0.4, 0.5) is 15.8 Å². The highest BCUT2D eigenvalue weighted by Gasteiger charge is 2.39. The minimum Gasteiger partial charge on any atom is -0.372 e. The molecule has 0 saturated carbocycles. The second-order valence-electron chi connectivity index (χ2n) is 7.33. The zero-order valence-corrected chi connectivity index (χ0v) is 16.2. The summed E-state index contributed by atoms with van der Waals surface area (Å²) in [5.74, 6) is -0.739. The fourth-order valence-corrected chi connectivity index (χ4v) is 3.96. The summed E-state index contributed by atoms with van der Waals surface area (Å²) in [6.07, 6.45) is 2.32. The van der Waals surface area contributed by atoms with Gasteiger partial charge in [0.2, 0.25) is 0 Å². The van der Waals surface area contributed by atoms with E-state index in [1.54, 1.807) is 12.1 Å². The van der Waals surface area contributed by atoms with Crippen LogP contribution in [0, 0.1) is 11.7 Å². The van der Waals surface area contributed by atoms with Crippen molar-refractivity contribution >= 4 is 40.4 Å². The van der Waals surface area contributed by atoms with E-state index in [0.717, 1.165) is 42.4 Å². The van der Waals surface area contributed by atoms with E-state index >= 15 is 0 Å². The van der Waals surface area contributed by atoms with Gasteiger partial charge in [-0.1, -0.05) is 30.7 Å². The number of halogens is 2. The molecular weight excluding hydrogens is 379 g/mol. The van der Waals surface area contributed by atoms with Crippen molar-refractivity contribution in [1.82, 2.24) is 0 Å². The zero-order chi connectivity index (χ0) is 19.8. The summed E-state index contributed by atoms with van der Waals surface area (Å²) < 4.78 is 13.2. The Kier molecular flexibility index (Phi) is 4.94. The Labute approximate surface area is 168 Å². The van der Waals surface area contributed by atoms with Crippen molar-refractivity contribution < 1.29 is 14.0 Å². The third-order valence-electron chi connectivity index (χ3n) is 5.42. The van der Waals surface area contributed by atoms with Gasteiger partial charge >= 0.3 is 0 Å². The average Bonchev–Trinajstić information content (AvgIpc) is 2.92. The molecule has 0 unspecified atom stereocenters. The van der Waals surface area contributed by atoms with Crippen molar-refractivity contribution in [3.63, 3.8) is 0 Å². The van der Waals surface area contributed by atoms with Crippen LogP contribution < -0.4 is 9.80 Å². The second kappa shape index (κ2) is 7.40. The molecule has 28 heavy (non-hydrogen) atoms. The lowest BCUT2D eigenvalue weighted by Crippen LogP contribution is -2.33. The third-order valence-corrected chi connectivity index (χ3v) is 5.77. The number of carbonyl (C=O) groups is 2. The summed E-state index contributed by atoms with van der Waals surface area (Å²) in [7, 11) is 0. The van der Waals surface area contributed by atoms with E-state index in [9.17, 15) is 14.0 Å². The molecule has 2 aliphatic heterocycles. The van der Waals surface area contributed by atoms with Crippen LogP contribution in [0.2, 0.25) is 0 Å². The number of benzene rings is 2. The van der Waals surface area contributed by atoms with Crippen molar-refractivity contribution in [2.45, 2.75) is 19.8 Å². The first kappa shape index (κ1) is 18.7. The summed E-state index contributed by atoms with van der Waals surface area (Å²) in [5.41, 5.74) is 2.07. The summed E-state index contributed by atoms with van der Waals surface area (Å²) in [6, 6.07) is 12.7.